The molecule has 40 heavy (non-hydrogen) atoms. The summed E-state index contributed by atoms with van der Waals surface area (Å²) in [5.41, 5.74) is 2.34. The van der Waals surface area contributed by atoms with Gasteiger partial charge < -0.3 is 35.1 Å². The Labute approximate surface area is 230 Å². The first-order valence-corrected chi connectivity index (χ1v) is 13.5. The van der Waals surface area contributed by atoms with Gasteiger partial charge >= 0.3 is 6.03 Å². The summed E-state index contributed by atoms with van der Waals surface area (Å²) >= 11 is 0. The molecule has 1 saturated heterocycles. The Kier molecular flexibility index (Phi) is 7.47. The van der Waals surface area contributed by atoms with Gasteiger partial charge in [-0.2, -0.15) is 0 Å². The fourth-order valence-corrected chi connectivity index (χ4v) is 4.74. The Hall–Kier alpha value is -4.22. The number of carbonyl (C=O) groups excluding carboxylic acids is 1. The number of likely N-dealkylation sites (tertiary alicyclic amines) is 1. The maximum absolute atomic E-state index is 14.6. The van der Waals surface area contributed by atoms with Crippen LogP contribution < -0.4 is 20.1 Å². The predicted octanol–water partition coefficient (Wildman–Crippen LogP) is 4.68. The smallest absolute Gasteiger partial charge is 0.319 e. The number of aromatic amines is 1. The van der Waals surface area contributed by atoms with Gasteiger partial charge in [0.05, 0.1) is 11.1 Å². The minimum atomic E-state index is -0.616. The lowest BCUT2D eigenvalue weighted by Crippen LogP contribution is -2.33. The number of rotatable bonds is 10. The van der Waals surface area contributed by atoms with Gasteiger partial charge in [-0.15, -0.1) is 0 Å². The van der Waals surface area contributed by atoms with Crippen LogP contribution in [0.5, 0.6) is 17.4 Å². The molecule has 1 saturated carbocycles. The monoisotopic (exact) mass is 546 g/mol. The summed E-state index contributed by atoms with van der Waals surface area (Å²) in [6.07, 6.45) is 5.11. The lowest BCUT2D eigenvalue weighted by Gasteiger charge is -2.19. The molecule has 4 aromatic rings. The second-order valence-electron chi connectivity index (χ2n) is 10.2. The number of halogens is 1. The highest BCUT2D eigenvalue weighted by atomic mass is 19.1. The molecule has 1 atom stereocenters. The third-order valence-corrected chi connectivity index (χ3v) is 6.98. The Morgan fingerprint density at radius 2 is 1.88 bits per heavy atom. The molecule has 6 rings (SSSR count). The van der Waals surface area contributed by atoms with E-state index in [2.05, 4.69) is 30.5 Å². The fourth-order valence-electron chi connectivity index (χ4n) is 4.74. The molecule has 10 nitrogen and oxygen atoms in total. The van der Waals surface area contributed by atoms with Crippen LogP contribution in [0.1, 0.15) is 25.7 Å². The van der Waals surface area contributed by atoms with Crippen LogP contribution in [0, 0.1) is 5.82 Å². The molecule has 2 aromatic carbocycles. The molecule has 0 spiro atoms. The van der Waals surface area contributed by atoms with Crippen LogP contribution in [0.3, 0.4) is 0 Å². The van der Waals surface area contributed by atoms with Gasteiger partial charge in [-0.05, 0) is 86.8 Å². The van der Waals surface area contributed by atoms with Gasteiger partial charge in [-0.25, -0.2) is 19.2 Å². The van der Waals surface area contributed by atoms with Crippen LogP contribution in [0.2, 0.25) is 0 Å². The number of nitrogens with one attached hydrogen (secondary N) is 3. The van der Waals surface area contributed by atoms with Crippen molar-refractivity contribution >= 4 is 22.8 Å². The van der Waals surface area contributed by atoms with Crippen molar-refractivity contribution in [3.8, 4) is 28.6 Å². The van der Waals surface area contributed by atoms with Gasteiger partial charge in [0, 0.05) is 24.3 Å². The van der Waals surface area contributed by atoms with Gasteiger partial charge in [-0.3, -0.25) is 0 Å². The van der Waals surface area contributed by atoms with Crippen molar-refractivity contribution in [2.45, 2.75) is 37.8 Å². The van der Waals surface area contributed by atoms with Gasteiger partial charge in [0.2, 0.25) is 5.88 Å². The van der Waals surface area contributed by atoms with E-state index in [1.54, 1.807) is 6.07 Å². The van der Waals surface area contributed by atoms with Crippen molar-refractivity contribution in [3.05, 3.63) is 60.7 Å². The van der Waals surface area contributed by atoms with Crippen LogP contribution >= 0.6 is 0 Å². The standard InChI is InChI=1S/C29H31FN6O4/c30-24-13-22(9-10-25(24)35-29(38)33-19-5-6-19)40-28-23-14-26(34-27(23)31-17-32-28)18-3-7-21(8-4-18)39-16-20(37)15-36-11-1-2-12-36/h3-4,7-10,13-14,17,19-20,37H,1-2,5-6,11-12,15-16H2,(H,31,32,34)(H2,33,35,38). The van der Waals surface area contributed by atoms with Crippen molar-refractivity contribution in [2.75, 3.05) is 31.6 Å². The fraction of sp³-hybridized carbons (Fsp3) is 0.345. The van der Waals surface area contributed by atoms with Crippen LogP contribution in [-0.4, -0.2) is 69.4 Å². The molecule has 1 aliphatic heterocycles. The van der Waals surface area contributed by atoms with Crippen LogP contribution in [0.15, 0.2) is 54.9 Å². The van der Waals surface area contributed by atoms with Crippen LogP contribution in [-0.2, 0) is 0 Å². The minimum Gasteiger partial charge on any atom is -0.491 e. The summed E-state index contributed by atoms with van der Waals surface area (Å²) in [6, 6.07) is 13.4. The average molecular weight is 547 g/mol. The number of carbonyl (C=O) groups is 1. The molecular formula is C29H31FN6O4. The number of H-pyrrole nitrogens is 1. The molecule has 3 heterocycles. The molecule has 11 heteroatoms. The quantitative estimate of drug-likeness (QED) is 0.228. The topological polar surface area (TPSA) is 125 Å². The Balaban J connectivity index is 1.10. The van der Waals surface area contributed by atoms with E-state index < -0.39 is 18.0 Å². The normalized spacial score (nSPS) is 16.1. The number of amides is 2. The first-order valence-electron chi connectivity index (χ1n) is 13.5. The maximum atomic E-state index is 14.6. The number of β-amino-alcohol motifs (C(OH)–C–C–N with tert-alkyl or cyclic N) is 1. The second-order valence-corrected chi connectivity index (χ2v) is 10.2. The number of hydrogen-bond acceptors (Lipinski definition) is 7. The third kappa shape index (κ3) is 6.32. The molecule has 4 N–H and O–H groups in total. The highest BCUT2D eigenvalue weighted by Crippen LogP contribution is 2.32. The van der Waals surface area contributed by atoms with E-state index in [4.69, 9.17) is 9.47 Å². The summed E-state index contributed by atoms with van der Waals surface area (Å²) in [5, 5.41) is 16.2. The van der Waals surface area contributed by atoms with E-state index in [9.17, 15) is 14.3 Å². The van der Waals surface area contributed by atoms with Crippen LogP contribution in [0.4, 0.5) is 14.9 Å². The Morgan fingerprint density at radius 1 is 1.10 bits per heavy atom. The summed E-state index contributed by atoms with van der Waals surface area (Å²) in [4.78, 5) is 26.0. The van der Waals surface area contributed by atoms with Crippen LogP contribution in [0.25, 0.3) is 22.3 Å². The van der Waals surface area contributed by atoms with Crippen molar-refractivity contribution in [1.82, 2.24) is 25.2 Å². The van der Waals surface area contributed by atoms with Crippen molar-refractivity contribution < 1.29 is 23.8 Å². The molecule has 2 aliphatic rings. The number of nitrogens with zero attached hydrogens (tertiary/aromatic N) is 3. The zero-order valence-electron chi connectivity index (χ0n) is 21.9. The Bertz CT molecular complexity index is 1480. The number of fused-ring (bicyclic) bond motifs is 1. The molecule has 0 radical (unpaired) electrons. The number of ether oxygens (including phenoxy) is 2. The average Bonchev–Trinajstić information content (AvgIpc) is 3.41. The molecule has 208 valence electrons. The second kappa shape index (κ2) is 11.5. The zero-order valence-corrected chi connectivity index (χ0v) is 21.9. The molecular weight excluding hydrogens is 515 g/mol. The minimum absolute atomic E-state index is 0.0655. The lowest BCUT2D eigenvalue weighted by atomic mass is 10.1. The van der Waals surface area contributed by atoms with E-state index in [0.29, 0.717) is 23.3 Å². The van der Waals surface area contributed by atoms with Crippen molar-refractivity contribution in [1.29, 1.82) is 0 Å². The van der Waals surface area contributed by atoms with E-state index in [-0.39, 0.29) is 30.0 Å². The highest BCUT2D eigenvalue weighted by Gasteiger charge is 2.23. The first-order chi connectivity index (χ1) is 19.5. The number of aromatic nitrogens is 3. The van der Waals surface area contributed by atoms with Crippen molar-refractivity contribution in [2.24, 2.45) is 0 Å². The summed E-state index contributed by atoms with van der Waals surface area (Å²) in [6.45, 7) is 2.94. The maximum Gasteiger partial charge on any atom is 0.319 e. The van der Waals surface area contributed by atoms with Gasteiger partial charge in [0.15, 0.2) is 0 Å². The molecule has 2 aromatic heterocycles. The van der Waals surface area contributed by atoms with E-state index in [1.807, 2.05) is 30.3 Å². The first kappa shape index (κ1) is 26.0. The SMILES string of the molecule is O=C(Nc1ccc(Oc2ncnc3[nH]c(-c4ccc(OCC(O)CN5CCCC5)cc4)cc23)cc1F)NC1CC1. The van der Waals surface area contributed by atoms with Gasteiger partial charge in [-0.1, -0.05) is 0 Å². The van der Waals surface area contributed by atoms with Gasteiger partial charge in [0.25, 0.3) is 0 Å². The number of benzene rings is 2. The van der Waals surface area contributed by atoms with Gasteiger partial charge in [0.1, 0.15) is 42.0 Å². The molecule has 2 amide bonds. The number of aliphatic hydroxyl groups excluding tert-OH is 1. The zero-order chi connectivity index (χ0) is 27.5. The molecule has 1 unspecified atom stereocenters. The predicted molar refractivity (Wildman–Crippen MR) is 148 cm³/mol. The third-order valence-electron chi connectivity index (χ3n) is 6.98. The van der Waals surface area contributed by atoms with Crippen molar-refractivity contribution in [3.63, 3.8) is 0 Å². The number of anilines is 1. The summed E-state index contributed by atoms with van der Waals surface area (Å²) < 4.78 is 26.3. The largest absolute Gasteiger partial charge is 0.491 e. The number of hydrogen-bond donors (Lipinski definition) is 4. The number of urea groups is 1. The molecule has 1 aliphatic carbocycles. The number of aliphatic hydroxyl groups is 1. The Morgan fingerprint density at radius 3 is 2.62 bits per heavy atom. The summed E-state index contributed by atoms with van der Waals surface area (Å²) in [5.74, 6) is 0.566. The molecule has 0 bridgehead atoms. The molecule has 2 fully saturated rings. The summed E-state index contributed by atoms with van der Waals surface area (Å²) in [7, 11) is 0. The van der Waals surface area contributed by atoms with E-state index >= 15 is 0 Å². The van der Waals surface area contributed by atoms with E-state index in [0.717, 1.165) is 37.2 Å². The van der Waals surface area contributed by atoms with E-state index in [1.165, 1.54) is 31.3 Å². The lowest BCUT2D eigenvalue weighted by molar-refractivity contribution is 0.0758. The highest BCUT2D eigenvalue weighted by molar-refractivity contribution is 5.90.